The van der Waals surface area contributed by atoms with Gasteiger partial charge in [-0.05, 0) is 37.3 Å². The molecule has 3 saturated heterocycles. The van der Waals surface area contributed by atoms with Crippen molar-refractivity contribution >= 4 is 33.9 Å². The number of rotatable bonds is 4. The number of piperidine rings is 2. The molecule has 3 aliphatic heterocycles. The number of nitrogens with one attached hydrogen (secondary N) is 2. The monoisotopic (exact) mass is 446 g/mol. The zero-order valence-electron chi connectivity index (χ0n) is 17.1. The summed E-state index contributed by atoms with van der Waals surface area (Å²) in [6.07, 6.45) is 3.28. The van der Waals surface area contributed by atoms with Crippen LogP contribution in [0.3, 0.4) is 0 Å². The van der Waals surface area contributed by atoms with Crippen molar-refractivity contribution in [3.63, 3.8) is 0 Å². The SMILES string of the molecule is O=C1NC(=O)C2(CCN(C(=O)C3CCN(S(=O)(=O)/C=C/c4ccccc4)CC3)CC2)N1. The van der Waals surface area contributed by atoms with Crippen LogP contribution < -0.4 is 10.6 Å². The number of imide groups is 1. The van der Waals surface area contributed by atoms with Crippen LogP contribution >= 0.6 is 0 Å². The summed E-state index contributed by atoms with van der Waals surface area (Å²) >= 11 is 0. The first-order chi connectivity index (χ1) is 14.8. The molecule has 0 aromatic heterocycles. The predicted molar refractivity (Wildman–Crippen MR) is 114 cm³/mol. The van der Waals surface area contributed by atoms with Crippen LogP contribution in [0, 0.1) is 5.92 Å². The summed E-state index contributed by atoms with van der Waals surface area (Å²) < 4.78 is 26.6. The fraction of sp³-hybridized carbons (Fsp3) is 0.476. The average molecular weight is 447 g/mol. The van der Waals surface area contributed by atoms with E-state index in [0.717, 1.165) is 5.56 Å². The van der Waals surface area contributed by atoms with Crippen LogP contribution in [0.15, 0.2) is 35.7 Å². The zero-order chi connectivity index (χ0) is 22.1. The van der Waals surface area contributed by atoms with Crippen molar-refractivity contribution in [1.29, 1.82) is 0 Å². The quantitative estimate of drug-likeness (QED) is 0.667. The minimum absolute atomic E-state index is 0.00328. The molecule has 9 nitrogen and oxygen atoms in total. The van der Waals surface area contributed by atoms with Crippen molar-refractivity contribution < 1.29 is 22.8 Å². The highest BCUT2D eigenvalue weighted by Gasteiger charge is 2.48. The lowest BCUT2D eigenvalue weighted by Crippen LogP contribution is -2.56. The van der Waals surface area contributed by atoms with Gasteiger partial charge in [-0.25, -0.2) is 13.2 Å². The molecule has 0 atom stereocenters. The smallest absolute Gasteiger partial charge is 0.322 e. The molecule has 0 bridgehead atoms. The van der Waals surface area contributed by atoms with E-state index in [-0.39, 0.29) is 17.7 Å². The lowest BCUT2D eigenvalue weighted by molar-refractivity contribution is -0.140. The van der Waals surface area contributed by atoms with Crippen LogP contribution in [0.2, 0.25) is 0 Å². The first-order valence-electron chi connectivity index (χ1n) is 10.4. The zero-order valence-corrected chi connectivity index (χ0v) is 17.9. The van der Waals surface area contributed by atoms with Crippen LogP contribution in [0.4, 0.5) is 4.79 Å². The van der Waals surface area contributed by atoms with Gasteiger partial charge in [0.05, 0.1) is 0 Å². The summed E-state index contributed by atoms with van der Waals surface area (Å²) in [5.74, 6) is -0.561. The highest BCUT2D eigenvalue weighted by atomic mass is 32.2. The number of likely N-dealkylation sites (tertiary alicyclic amines) is 1. The standard InChI is InChI=1S/C21H26N4O5S/c26-18(24-13-9-21(10-14-24)19(27)22-20(28)23-21)17-6-11-25(12-7-17)31(29,30)15-8-16-4-2-1-3-5-16/h1-5,8,15,17H,6-7,9-14H2,(H2,22,23,27,28)/b15-8+. The van der Waals surface area contributed by atoms with E-state index in [1.54, 1.807) is 11.0 Å². The van der Waals surface area contributed by atoms with Gasteiger partial charge in [0, 0.05) is 37.5 Å². The largest absolute Gasteiger partial charge is 0.342 e. The predicted octanol–water partition coefficient (Wildman–Crippen LogP) is 0.900. The van der Waals surface area contributed by atoms with Crippen molar-refractivity contribution in [2.75, 3.05) is 26.2 Å². The summed E-state index contributed by atoms with van der Waals surface area (Å²) in [4.78, 5) is 38.1. The van der Waals surface area contributed by atoms with E-state index >= 15 is 0 Å². The Kier molecular flexibility index (Phi) is 5.85. The van der Waals surface area contributed by atoms with E-state index in [0.29, 0.717) is 51.9 Å². The maximum atomic E-state index is 12.9. The molecule has 0 aliphatic carbocycles. The van der Waals surface area contributed by atoms with Gasteiger partial charge >= 0.3 is 6.03 Å². The fourth-order valence-electron chi connectivity index (χ4n) is 4.42. The van der Waals surface area contributed by atoms with Crippen molar-refractivity contribution in [1.82, 2.24) is 19.8 Å². The van der Waals surface area contributed by atoms with Crippen LogP contribution in [-0.2, 0) is 19.6 Å². The number of carbonyl (C=O) groups is 3. The molecule has 1 aromatic carbocycles. The summed E-state index contributed by atoms with van der Waals surface area (Å²) in [6, 6.07) is 8.74. The summed E-state index contributed by atoms with van der Waals surface area (Å²) in [5, 5.41) is 6.17. The van der Waals surface area contributed by atoms with Gasteiger partial charge in [-0.1, -0.05) is 30.3 Å². The van der Waals surface area contributed by atoms with E-state index in [2.05, 4.69) is 10.6 Å². The topological polar surface area (TPSA) is 116 Å². The second-order valence-electron chi connectivity index (χ2n) is 8.25. The highest BCUT2D eigenvalue weighted by molar-refractivity contribution is 7.92. The fourth-order valence-corrected chi connectivity index (χ4v) is 5.64. The first kappa shape index (κ1) is 21.5. The molecular weight excluding hydrogens is 420 g/mol. The van der Waals surface area contributed by atoms with Gasteiger partial charge in [0.15, 0.2) is 0 Å². The minimum Gasteiger partial charge on any atom is -0.342 e. The Hall–Kier alpha value is -2.72. The number of sulfonamides is 1. The van der Waals surface area contributed by atoms with Gasteiger partial charge in [0.25, 0.3) is 5.91 Å². The third-order valence-corrected chi connectivity index (χ3v) is 7.90. The molecule has 2 N–H and O–H groups in total. The molecule has 10 heteroatoms. The maximum Gasteiger partial charge on any atom is 0.322 e. The van der Waals surface area contributed by atoms with Crippen molar-refractivity contribution in [2.45, 2.75) is 31.2 Å². The Bertz CT molecular complexity index is 992. The van der Waals surface area contributed by atoms with E-state index in [9.17, 15) is 22.8 Å². The number of benzene rings is 1. The molecule has 31 heavy (non-hydrogen) atoms. The lowest BCUT2D eigenvalue weighted by Gasteiger charge is -2.39. The molecule has 166 valence electrons. The second kappa shape index (κ2) is 8.43. The maximum absolute atomic E-state index is 12.9. The summed E-state index contributed by atoms with van der Waals surface area (Å²) in [7, 11) is -3.54. The number of urea groups is 1. The van der Waals surface area contributed by atoms with E-state index in [1.165, 1.54) is 9.71 Å². The van der Waals surface area contributed by atoms with Crippen LogP contribution in [-0.4, -0.2) is 67.2 Å². The summed E-state index contributed by atoms with van der Waals surface area (Å²) in [5.41, 5.74) is -0.0951. The number of nitrogens with zero attached hydrogens (tertiary/aromatic N) is 2. The van der Waals surface area contributed by atoms with Gasteiger partial charge in [0.2, 0.25) is 15.9 Å². The lowest BCUT2D eigenvalue weighted by atomic mass is 9.86. The molecule has 0 radical (unpaired) electrons. The first-order valence-corrected chi connectivity index (χ1v) is 12.0. The van der Waals surface area contributed by atoms with Gasteiger partial charge in [-0.3, -0.25) is 14.9 Å². The van der Waals surface area contributed by atoms with Gasteiger partial charge in [-0.2, -0.15) is 4.31 Å². The molecule has 0 saturated carbocycles. The molecule has 3 fully saturated rings. The molecule has 1 spiro atoms. The Labute approximate surface area is 181 Å². The van der Waals surface area contributed by atoms with Gasteiger partial charge in [-0.15, -0.1) is 0 Å². The molecule has 3 heterocycles. The molecule has 3 aliphatic rings. The Balaban J connectivity index is 1.30. The Morgan fingerprint density at radius 1 is 1.03 bits per heavy atom. The number of hydrogen-bond donors (Lipinski definition) is 2. The van der Waals surface area contributed by atoms with Crippen molar-refractivity contribution in [3.8, 4) is 0 Å². The average Bonchev–Trinajstić information content (AvgIpc) is 3.05. The van der Waals surface area contributed by atoms with Crippen LogP contribution in [0.5, 0.6) is 0 Å². The van der Waals surface area contributed by atoms with Crippen LogP contribution in [0.1, 0.15) is 31.2 Å². The number of hydrogen-bond acceptors (Lipinski definition) is 5. The third kappa shape index (κ3) is 4.49. The second-order valence-corrected chi connectivity index (χ2v) is 10.1. The molecule has 1 aromatic rings. The normalized spacial score (nSPS) is 22.6. The summed E-state index contributed by atoms with van der Waals surface area (Å²) in [6.45, 7) is 1.39. The highest BCUT2D eigenvalue weighted by Crippen LogP contribution is 2.29. The van der Waals surface area contributed by atoms with E-state index in [4.69, 9.17) is 0 Å². The van der Waals surface area contributed by atoms with Crippen molar-refractivity contribution in [3.05, 3.63) is 41.3 Å². The van der Waals surface area contributed by atoms with E-state index < -0.39 is 21.6 Å². The molecule has 4 amide bonds. The minimum atomic E-state index is -3.54. The number of carbonyl (C=O) groups excluding carboxylic acids is 3. The van der Waals surface area contributed by atoms with Gasteiger partial charge < -0.3 is 10.2 Å². The molecule has 0 unspecified atom stereocenters. The Morgan fingerprint density at radius 3 is 2.26 bits per heavy atom. The van der Waals surface area contributed by atoms with E-state index in [1.807, 2.05) is 30.3 Å². The van der Waals surface area contributed by atoms with Gasteiger partial charge in [0.1, 0.15) is 5.54 Å². The molecular formula is C21H26N4O5S. The number of amides is 4. The molecule has 4 rings (SSSR count). The Morgan fingerprint density at radius 2 is 1.68 bits per heavy atom. The third-order valence-electron chi connectivity index (χ3n) is 6.34. The van der Waals surface area contributed by atoms with Crippen LogP contribution in [0.25, 0.3) is 6.08 Å². The van der Waals surface area contributed by atoms with Crippen molar-refractivity contribution in [2.24, 2.45) is 5.92 Å².